The van der Waals surface area contributed by atoms with Gasteiger partial charge in [-0.05, 0) is 34.4 Å². The second kappa shape index (κ2) is 5.43. The van der Waals surface area contributed by atoms with Crippen molar-refractivity contribution in [1.29, 1.82) is 0 Å². The van der Waals surface area contributed by atoms with E-state index in [9.17, 15) is 0 Å². The average molecular weight is 278 g/mol. The van der Waals surface area contributed by atoms with Gasteiger partial charge in [-0.25, -0.2) is 0 Å². The first-order valence-corrected chi connectivity index (χ1v) is 7.74. The number of hydrogen-bond acceptors (Lipinski definition) is 2. The largest absolute Gasteiger partial charge is 0.298 e. The molecule has 2 heterocycles. The standard InChI is InChI=1S/C15H16ClNS/c16-7-10-17-8-4-12(5-9-17)14-3-1-2-13-6-11-18-15(13)14/h1-4,6,11H,5,7-10H2. The van der Waals surface area contributed by atoms with Crippen molar-refractivity contribution in [2.75, 3.05) is 25.5 Å². The van der Waals surface area contributed by atoms with Crippen LogP contribution in [0, 0.1) is 0 Å². The molecule has 0 aliphatic carbocycles. The number of rotatable bonds is 3. The summed E-state index contributed by atoms with van der Waals surface area (Å²) in [5, 5.41) is 3.54. The molecule has 1 aromatic carbocycles. The summed E-state index contributed by atoms with van der Waals surface area (Å²) in [6.45, 7) is 3.15. The minimum Gasteiger partial charge on any atom is -0.298 e. The first-order valence-electron chi connectivity index (χ1n) is 6.32. The number of thiophene rings is 1. The van der Waals surface area contributed by atoms with Crippen LogP contribution >= 0.6 is 22.9 Å². The summed E-state index contributed by atoms with van der Waals surface area (Å²) in [7, 11) is 0. The van der Waals surface area contributed by atoms with E-state index in [-0.39, 0.29) is 0 Å². The molecule has 1 aliphatic heterocycles. The molecule has 3 heteroatoms. The number of benzene rings is 1. The summed E-state index contributed by atoms with van der Waals surface area (Å²) >= 11 is 7.63. The van der Waals surface area contributed by atoms with E-state index in [0.717, 1.165) is 31.9 Å². The molecule has 94 valence electrons. The predicted molar refractivity (Wildman–Crippen MR) is 81.6 cm³/mol. The van der Waals surface area contributed by atoms with Crippen LogP contribution in [0.25, 0.3) is 15.7 Å². The van der Waals surface area contributed by atoms with E-state index in [4.69, 9.17) is 11.6 Å². The van der Waals surface area contributed by atoms with Gasteiger partial charge in [-0.1, -0.05) is 24.3 Å². The second-order valence-electron chi connectivity index (χ2n) is 4.61. The third kappa shape index (κ3) is 2.33. The van der Waals surface area contributed by atoms with Crippen LogP contribution in [0.5, 0.6) is 0 Å². The Hall–Kier alpha value is -0.830. The van der Waals surface area contributed by atoms with Crippen LogP contribution in [0.1, 0.15) is 12.0 Å². The van der Waals surface area contributed by atoms with Crippen molar-refractivity contribution in [2.45, 2.75) is 6.42 Å². The third-order valence-corrected chi connectivity index (χ3v) is 4.65. The van der Waals surface area contributed by atoms with E-state index < -0.39 is 0 Å². The Morgan fingerprint density at radius 1 is 1.28 bits per heavy atom. The molecule has 1 aromatic heterocycles. The van der Waals surface area contributed by atoms with Gasteiger partial charge in [-0.3, -0.25) is 4.90 Å². The summed E-state index contributed by atoms with van der Waals surface area (Å²) in [6, 6.07) is 8.81. The maximum Gasteiger partial charge on any atom is 0.0417 e. The highest BCUT2D eigenvalue weighted by molar-refractivity contribution is 7.17. The molecule has 0 radical (unpaired) electrons. The first kappa shape index (κ1) is 12.2. The van der Waals surface area contributed by atoms with Gasteiger partial charge in [-0.2, -0.15) is 0 Å². The normalized spacial score (nSPS) is 17.1. The van der Waals surface area contributed by atoms with E-state index in [1.54, 1.807) is 0 Å². The molecule has 0 bridgehead atoms. The Morgan fingerprint density at radius 3 is 3.00 bits per heavy atom. The van der Waals surface area contributed by atoms with E-state index >= 15 is 0 Å². The average Bonchev–Trinajstić information content (AvgIpc) is 2.88. The zero-order valence-corrected chi connectivity index (χ0v) is 11.8. The highest BCUT2D eigenvalue weighted by Gasteiger charge is 2.14. The van der Waals surface area contributed by atoms with Crippen LogP contribution in [0.2, 0.25) is 0 Å². The lowest BCUT2D eigenvalue weighted by molar-refractivity contribution is 0.320. The Kier molecular flexibility index (Phi) is 3.69. The fraction of sp³-hybridized carbons (Fsp3) is 0.333. The molecule has 0 saturated carbocycles. The molecule has 0 fully saturated rings. The molecule has 0 amide bonds. The SMILES string of the molecule is ClCCN1CC=C(c2cccc3ccsc23)CC1. The Morgan fingerprint density at radius 2 is 2.22 bits per heavy atom. The number of hydrogen-bond donors (Lipinski definition) is 0. The van der Waals surface area contributed by atoms with E-state index in [1.165, 1.54) is 21.2 Å². The summed E-state index contributed by atoms with van der Waals surface area (Å²) in [5.41, 5.74) is 2.92. The molecular weight excluding hydrogens is 262 g/mol. The highest BCUT2D eigenvalue weighted by atomic mass is 35.5. The number of nitrogens with zero attached hydrogens (tertiary/aromatic N) is 1. The molecule has 2 aromatic rings. The monoisotopic (exact) mass is 277 g/mol. The van der Waals surface area contributed by atoms with E-state index in [1.807, 2.05) is 11.3 Å². The maximum atomic E-state index is 5.79. The summed E-state index contributed by atoms with van der Waals surface area (Å²) in [5.74, 6) is 0.726. The van der Waals surface area contributed by atoms with E-state index in [0.29, 0.717) is 0 Å². The summed E-state index contributed by atoms with van der Waals surface area (Å²) in [6.07, 6.45) is 3.50. The maximum absolute atomic E-state index is 5.79. The second-order valence-corrected chi connectivity index (χ2v) is 5.91. The predicted octanol–water partition coefficient (Wildman–Crippen LogP) is 4.23. The number of alkyl halides is 1. The molecular formula is C15H16ClNS. The van der Waals surface area contributed by atoms with Crippen molar-refractivity contribution in [3.63, 3.8) is 0 Å². The summed E-state index contributed by atoms with van der Waals surface area (Å²) in [4.78, 5) is 2.41. The molecule has 18 heavy (non-hydrogen) atoms. The lowest BCUT2D eigenvalue weighted by atomic mass is 9.98. The molecule has 1 nitrogen and oxygen atoms in total. The quantitative estimate of drug-likeness (QED) is 0.759. The van der Waals surface area contributed by atoms with Crippen LogP contribution in [0.15, 0.2) is 35.7 Å². The van der Waals surface area contributed by atoms with Crippen molar-refractivity contribution in [2.24, 2.45) is 0 Å². The molecule has 0 N–H and O–H groups in total. The van der Waals surface area contributed by atoms with Gasteiger partial charge in [-0.15, -0.1) is 22.9 Å². The zero-order valence-electron chi connectivity index (χ0n) is 10.2. The van der Waals surface area contributed by atoms with Crippen LogP contribution in [0.4, 0.5) is 0 Å². The smallest absolute Gasteiger partial charge is 0.0417 e. The molecule has 1 aliphatic rings. The first-order chi connectivity index (χ1) is 8.88. The lowest BCUT2D eigenvalue weighted by Gasteiger charge is -2.25. The number of halogens is 1. The number of fused-ring (bicyclic) bond motifs is 1. The van der Waals surface area contributed by atoms with Gasteiger partial charge in [0.25, 0.3) is 0 Å². The van der Waals surface area contributed by atoms with Crippen LogP contribution in [-0.2, 0) is 0 Å². The van der Waals surface area contributed by atoms with Crippen molar-refractivity contribution in [3.8, 4) is 0 Å². The Balaban J connectivity index is 1.89. The van der Waals surface area contributed by atoms with Gasteiger partial charge >= 0.3 is 0 Å². The molecule has 0 saturated heterocycles. The van der Waals surface area contributed by atoms with Crippen molar-refractivity contribution < 1.29 is 0 Å². The Labute approximate surface area is 117 Å². The van der Waals surface area contributed by atoms with E-state index in [2.05, 4.69) is 40.6 Å². The van der Waals surface area contributed by atoms with Gasteiger partial charge in [0.2, 0.25) is 0 Å². The zero-order chi connectivity index (χ0) is 12.4. The lowest BCUT2D eigenvalue weighted by Crippen LogP contribution is -2.30. The van der Waals surface area contributed by atoms with Gasteiger partial charge in [0.05, 0.1) is 0 Å². The van der Waals surface area contributed by atoms with Crippen LogP contribution < -0.4 is 0 Å². The van der Waals surface area contributed by atoms with Crippen molar-refractivity contribution in [1.82, 2.24) is 4.90 Å². The molecule has 0 unspecified atom stereocenters. The highest BCUT2D eigenvalue weighted by Crippen LogP contribution is 2.32. The summed E-state index contributed by atoms with van der Waals surface area (Å²) < 4.78 is 1.43. The topological polar surface area (TPSA) is 3.24 Å². The Bertz CT molecular complexity index is 573. The van der Waals surface area contributed by atoms with Crippen molar-refractivity contribution >= 4 is 38.6 Å². The van der Waals surface area contributed by atoms with Gasteiger partial charge in [0, 0.05) is 30.2 Å². The minimum atomic E-state index is 0.726. The fourth-order valence-electron chi connectivity index (χ4n) is 2.52. The van der Waals surface area contributed by atoms with Crippen LogP contribution in [-0.4, -0.2) is 30.4 Å². The molecule has 3 rings (SSSR count). The van der Waals surface area contributed by atoms with Gasteiger partial charge in [0.15, 0.2) is 0 Å². The molecule has 0 spiro atoms. The fourth-order valence-corrected chi connectivity index (χ4v) is 3.71. The minimum absolute atomic E-state index is 0.726. The van der Waals surface area contributed by atoms with Crippen molar-refractivity contribution in [3.05, 3.63) is 41.3 Å². The van der Waals surface area contributed by atoms with Crippen LogP contribution in [0.3, 0.4) is 0 Å². The third-order valence-electron chi connectivity index (χ3n) is 3.52. The molecule has 0 atom stereocenters. The van der Waals surface area contributed by atoms with Gasteiger partial charge < -0.3 is 0 Å². The van der Waals surface area contributed by atoms with Gasteiger partial charge in [0.1, 0.15) is 0 Å².